The zero-order valence-corrected chi connectivity index (χ0v) is 6.74. The molecule has 0 bridgehead atoms. The molecule has 10 heavy (non-hydrogen) atoms. The van der Waals surface area contributed by atoms with E-state index in [9.17, 15) is 9.50 Å². The fourth-order valence-corrected chi connectivity index (χ4v) is 2.39. The van der Waals surface area contributed by atoms with Crippen molar-refractivity contribution in [2.45, 2.75) is 18.9 Å². The molecule has 0 spiro atoms. The van der Waals surface area contributed by atoms with Crippen molar-refractivity contribution in [1.29, 1.82) is 0 Å². The van der Waals surface area contributed by atoms with Gasteiger partial charge < -0.3 is 5.11 Å². The first-order valence-corrected chi connectivity index (χ1v) is 4.82. The first kappa shape index (κ1) is 8.34. The fourth-order valence-electron chi connectivity index (χ4n) is 1.24. The van der Waals surface area contributed by atoms with Crippen LogP contribution in [0.5, 0.6) is 0 Å². The predicted octanol–water partition coefficient (Wildman–Crippen LogP) is 1.46. The summed E-state index contributed by atoms with van der Waals surface area (Å²) in [4.78, 5) is 0. The van der Waals surface area contributed by atoms with Crippen molar-refractivity contribution in [2.24, 2.45) is 5.92 Å². The summed E-state index contributed by atoms with van der Waals surface area (Å²) in [7, 11) is 0. The average molecular weight is 164 g/mol. The molecule has 1 rings (SSSR count). The van der Waals surface area contributed by atoms with Crippen molar-refractivity contribution in [1.82, 2.24) is 0 Å². The lowest BCUT2D eigenvalue weighted by Crippen LogP contribution is -2.28. The summed E-state index contributed by atoms with van der Waals surface area (Å²) in [5, 5.41) is 9.31. The van der Waals surface area contributed by atoms with Gasteiger partial charge in [-0.05, 0) is 24.5 Å². The second-order valence-electron chi connectivity index (χ2n) is 2.67. The van der Waals surface area contributed by atoms with Crippen LogP contribution in [0, 0.1) is 5.92 Å². The van der Waals surface area contributed by atoms with Gasteiger partial charge in [-0.2, -0.15) is 11.8 Å². The second-order valence-corrected chi connectivity index (χ2v) is 3.82. The molecule has 0 saturated carbocycles. The van der Waals surface area contributed by atoms with E-state index in [1.165, 1.54) is 0 Å². The van der Waals surface area contributed by atoms with Gasteiger partial charge in [-0.3, -0.25) is 4.39 Å². The summed E-state index contributed by atoms with van der Waals surface area (Å²) in [6.07, 6.45) is 1.27. The third-order valence-electron chi connectivity index (χ3n) is 1.95. The first-order chi connectivity index (χ1) is 4.84. The van der Waals surface area contributed by atoms with Gasteiger partial charge in [0.2, 0.25) is 0 Å². The van der Waals surface area contributed by atoms with Gasteiger partial charge >= 0.3 is 0 Å². The molecule has 1 aliphatic rings. The highest BCUT2D eigenvalue weighted by atomic mass is 32.2. The van der Waals surface area contributed by atoms with E-state index < -0.39 is 0 Å². The van der Waals surface area contributed by atoms with Crippen molar-refractivity contribution in [3.8, 4) is 0 Å². The molecule has 1 N–H and O–H groups in total. The molecule has 2 atom stereocenters. The molecule has 3 heteroatoms. The third kappa shape index (κ3) is 2.13. The Morgan fingerprint density at radius 1 is 1.60 bits per heavy atom. The SMILES string of the molecule is OC1CSCCC1CCF. The lowest BCUT2D eigenvalue weighted by atomic mass is 9.97. The molecule has 1 aliphatic heterocycles. The van der Waals surface area contributed by atoms with E-state index in [-0.39, 0.29) is 18.7 Å². The Morgan fingerprint density at radius 3 is 3.00 bits per heavy atom. The average Bonchev–Trinajstić information content (AvgIpc) is 1.94. The molecule has 0 aliphatic carbocycles. The summed E-state index contributed by atoms with van der Waals surface area (Å²) >= 11 is 1.76. The van der Waals surface area contributed by atoms with Crippen molar-refractivity contribution >= 4 is 11.8 Å². The largest absolute Gasteiger partial charge is 0.392 e. The first-order valence-electron chi connectivity index (χ1n) is 3.66. The van der Waals surface area contributed by atoms with E-state index in [0.717, 1.165) is 17.9 Å². The van der Waals surface area contributed by atoms with Crippen LogP contribution in [0.15, 0.2) is 0 Å². The maximum absolute atomic E-state index is 11.8. The molecule has 0 amide bonds. The van der Waals surface area contributed by atoms with Gasteiger partial charge in [-0.15, -0.1) is 0 Å². The normalized spacial score (nSPS) is 34.2. The Morgan fingerprint density at radius 2 is 2.40 bits per heavy atom. The van der Waals surface area contributed by atoms with E-state index in [4.69, 9.17) is 0 Å². The quantitative estimate of drug-likeness (QED) is 0.666. The van der Waals surface area contributed by atoms with Crippen LogP contribution in [0.25, 0.3) is 0 Å². The van der Waals surface area contributed by atoms with E-state index >= 15 is 0 Å². The zero-order chi connectivity index (χ0) is 7.40. The summed E-state index contributed by atoms with van der Waals surface area (Å²) in [5.74, 6) is 2.11. The minimum absolute atomic E-state index is 0.228. The van der Waals surface area contributed by atoms with Crippen LogP contribution in [0.4, 0.5) is 4.39 Å². The molecule has 0 aromatic carbocycles. The number of hydrogen-bond acceptors (Lipinski definition) is 2. The fraction of sp³-hybridized carbons (Fsp3) is 1.00. The Balaban J connectivity index is 2.25. The van der Waals surface area contributed by atoms with Gasteiger partial charge in [0.15, 0.2) is 0 Å². The number of thioether (sulfide) groups is 1. The smallest absolute Gasteiger partial charge is 0.0898 e. The van der Waals surface area contributed by atoms with E-state index in [1.54, 1.807) is 11.8 Å². The van der Waals surface area contributed by atoms with Gasteiger partial charge in [0.1, 0.15) is 0 Å². The summed E-state index contributed by atoms with van der Waals surface area (Å²) in [5.41, 5.74) is 0. The molecule has 1 nitrogen and oxygen atoms in total. The van der Waals surface area contributed by atoms with Crippen LogP contribution >= 0.6 is 11.8 Å². The van der Waals surface area contributed by atoms with Crippen LogP contribution in [0.1, 0.15) is 12.8 Å². The monoisotopic (exact) mass is 164 g/mol. The van der Waals surface area contributed by atoms with E-state index in [2.05, 4.69) is 0 Å². The Hall–Kier alpha value is 0.240. The van der Waals surface area contributed by atoms with Crippen LogP contribution in [0.2, 0.25) is 0 Å². The number of aliphatic hydroxyl groups is 1. The molecular formula is C7H13FOS. The molecular weight excluding hydrogens is 151 g/mol. The van der Waals surface area contributed by atoms with Gasteiger partial charge in [0, 0.05) is 5.75 Å². The van der Waals surface area contributed by atoms with Crippen molar-refractivity contribution in [3.63, 3.8) is 0 Å². The van der Waals surface area contributed by atoms with Gasteiger partial charge in [-0.1, -0.05) is 0 Å². The summed E-state index contributed by atoms with van der Waals surface area (Å²) in [6, 6.07) is 0. The molecule has 1 fully saturated rings. The molecule has 2 unspecified atom stereocenters. The Kier molecular flexibility index (Phi) is 3.49. The summed E-state index contributed by atoms with van der Waals surface area (Å²) in [6.45, 7) is -0.285. The predicted molar refractivity (Wildman–Crippen MR) is 42.0 cm³/mol. The van der Waals surface area contributed by atoms with Crippen LogP contribution in [-0.4, -0.2) is 29.4 Å². The van der Waals surface area contributed by atoms with Gasteiger partial charge in [-0.25, -0.2) is 0 Å². The van der Waals surface area contributed by atoms with E-state index in [0.29, 0.717) is 6.42 Å². The van der Waals surface area contributed by atoms with Crippen LogP contribution in [-0.2, 0) is 0 Å². The Bertz CT molecular complexity index is 97.6. The third-order valence-corrected chi connectivity index (χ3v) is 3.05. The summed E-state index contributed by atoms with van der Waals surface area (Å²) < 4.78 is 11.8. The highest BCUT2D eigenvalue weighted by molar-refractivity contribution is 7.99. The lowest BCUT2D eigenvalue weighted by Gasteiger charge is -2.25. The van der Waals surface area contributed by atoms with Gasteiger partial charge in [0.25, 0.3) is 0 Å². The lowest BCUT2D eigenvalue weighted by molar-refractivity contribution is 0.113. The number of hydrogen-bond donors (Lipinski definition) is 1. The second kappa shape index (κ2) is 4.19. The van der Waals surface area contributed by atoms with Crippen LogP contribution in [0.3, 0.4) is 0 Å². The topological polar surface area (TPSA) is 20.2 Å². The minimum atomic E-state index is -0.285. The number of rotatable bonds is 2. The van der Waals surface area contributed by atoms with Crippen molar-refractivity contribution in [2.75, 3.05) is 18.2 Å². The zero-order valence-electron chi connectivity index (χ0n) is 5.92. The van der Waals surface area contributed by atoms with Crippen LogP contribution < -0.4 is 0 Å². The molecule has 0 aromatic heterocycles. The number of halogens is 1. The molecule has 0 aromatic rings. The highest BCUT2D eigenvalue weighted by Gasteiger charge is 2.22. The van der Waals surface area contributed by atoms with E-state index in [1.807, 2.05) is 0 Å². The molecule has 1 saturated heterocycles. The Labute approximate surface area is 65.0 Å². The van der Waals surface area contributed by atoms with Crippen molar-refractivity contribution in [3.05, 3.63) is 0 Å². The number of alkyl halides is 1. The molecule has 0 radical (unpaired) electrons. The maximum Gasteiger partial charge on any atom is 0.0898 e. The molecule has 60 valence electrons. The van der Waals surface area contributed by atoms with Crippen molar-refractivity contribution < 1.29 is 9.50 Å². The standard InChI is InChI=1S/C7H13FOS/c8-3-1-6-2-4-10-5-7(6)9/h6-7,9H,1-5H2. The number of aliphatic hydroxyl groups excluding tert-OH is 1. The minimum Gasteiger partial charge on any atom is -0.392 e. The van der Waals surface area contributed by atoms with Gasteiger partial charge in [0.05, 0.1) is 12.8 Å². The molecule has 1 heterocycles. The highest BCUT2D eigenvalue weighted by Crippen LogP contribution is 2.25. The maximum atomic E-state index is 11.8.